The SMILES string of the molecule is CCOC(=O)C[C@H]1CCO[C@@H]1CC(=O)OCC. The van der Waals surface area contributed by atoms with Crippen LogP contribution in [0.3, 0.4) is 0 Å². The maximum Gasteiger partial charge on any atom is 0.308 e. The summed E-state index contributed by atoms with van der Waals surface area (Å²) in [5.74, 6) is -0.427. The Labute approximate surface area is 101 Å². The van der Waals surface area contributed by atoms with Gasteiger partial charge >= 0.3 is 11.9 Å². The predicted octanol–water partition coefficient (Wildman–Crippen LogP) is 1.30. The van der Waals surface area contributed by atoms with E-state index in [-0.39, 0.29) is 30.4 Å². The smallest absolute Gasteiger partial charge is 0.308 e. The van der Waals surface area contributed by atoms with Crippen LogP contribution in [0.25, 0.3) is 0 Å². The summed E-state index contributed by atoms with van der Waals surface area (Å²) in [6.45, 7) is 4.89. The first kappa shape index (κ1) is 14.0. The zero-order valence-electron chi connectivity index (χ0n) is 10.4. The van der Waals surface area contributed by atoms with Gasteiger partial charge in [-0.3, -0.25) is 9.59 Å². The van der Waals surface area contributed by atoms with Crippen molar-refractivity contribution in [3.05, 3.63) is 0 Å². The van der Waals surface area contributed by atoms with Crippen LogP contribution >= 0.6 is 0 Å². The summed E-state index contributed by atoms with van der Waals surface area (Å²) in [5, 5.41) is 0. The van der Waals surface area contributed by atoms with Crippen molar-refractivity contribution in [2.24, 2.45) is 5.92 Å². The van der Waals surface area contributed by atoms with Gasteiger partial charge in [0, 0.05) is 6.61 Å². The van der Waals surface area contributed by atoms with Gasteiger partial charge in [-0.05, 0) is 26.2 Å². The highest BCUT2D eigenvalue weighted by Crippen LogP contribution is 2.27. The third kappa shape index (κ3) is 4.73. The Hall–Kier alpha value is -1.10. The minimum absolute atomic E-state index is 0.0680. The van der Waals surface area contributed by atoms with Crippen LogP contribution in [0.15, 0.2) is 0 Å². The first-order valence-corrected chi connectivity index (χ1v) is 6.10. The van der Waals surface area contributed by atoms with Crippen molar-refractivity contribution < 1.29 is 23.8 Å². The molecule has 17 heavy (non-hydrogen) atoms. The van der Waals surface area contributed by atoms with Gasteiger partial charge in [-0.25, -0.2) is 0 Å². The van der Waals surface area contributed by atoms with Gasteiger partial charge in [0.1, 0.15) is 0 Å². The quantitative estimate of drug-likeness (QED) is 0.659. The first-order valence-electron chi connectivity index (χ1n) is 6.10. The van der Waals surface area contributed by atoms with E-state index in [1.165, 1.54) is 0 Å². The van der Waals surface area contributed by atoms with Crippen LogP contribution < -0.4 is 0 Å². The van der Waals surface area contributed by atoms with Gasteiger partial charge in [0.15, 0.2) is 0 Å². The first-order chi connectivity index (χ1) is 8.17. The molecule has 98 valence electrons. The van der Waals surface area contributed by atoms with E-state index < -0.39 is 0 Å². The van der Waals surface area contributed by atoms with Crippen LogP contribution in [0.2, 0.25) is 0 Å². The predicted molar refractivity (Wildman–Crippen MR) is 60.3 cm³/mol. The molecule has 0 radical (unpaired) electrons. The standard InChI is InChI=1S/C12H20O5/c1-3-15-11(13)7-9-5-6-17-10(9)8-12(14)16-4-2/h9-10H,3-8H2,1-2H3/t9-,10-/m1/s1. The minimum atomic E-state index is -0.270. The lowest BCUT2D eigenvalue weighted by Gasteiger charge is -2.16. The summed E-state index contributed by atoms with van der Waals surface area (Å²) in [6, 6.07) is 0. The molecule has 0 N–H and O–H groups in total. The molecule has 0 aromatic heterocycles. The van der Waals surface area contributed by atoms with Gasteiger partial charge in [0.25, 0.3) is 0 Å². The van der Waals surface area contributed by atoms with E-state index in [1.54, 1.807) is 13.8 Å². The van der Waals surface area contributed by atoms with E-state index in [0.29, 0.717) is 26.2 Å². The van der Waals surface area contributed by atoms with E-state index in [4.69, 9.17) is 14.2 Å². The van der Waals surface area contributed by atoms with Crippen molar-refractivity contribution in [2.75, 3.05) is 19.8 Å². The van der Waals surface area contributed by atoms with E-state index in [2.05, 4.69) is 0 Å². The Bertz CT molecular complexity index is 238. The number of hydrogen-bond donors (Lipinski definition) is 0. The van der Waals surface area contributed by atoms with Crippen LogP contribution in [0.1, 0.15) is 33.1 Å². The van der Waals surface area contributed by atoms with Gasteiger partial charge in [-0.1, -0.05) is 0 Å². The van der Waals surface area contributed by atoms with E-state index in [1.807, 2.05) is 0 Å². The molecule has 0 saturated carbocycles. The zero-order chi connectivity index (χ0) is 12.7. The van der Waals surface area contributed by atoms with Crippen LogP contribution in [0.5, 0.6) is 0 Å². The molecular weight excluding hydrogens is 224 g/mol. The molecule has 1 aliphatic heterocycles. The number of ether oxygens (including phenoxy) is 3. The molecule has 5 nitrogen and oxygen atoms in total. The molecule has 0 aromatic rings. The largest absolute Gasteiger partial charge is 0.466 e. The highest BCUT2D eigenvalue weighted by Gasteiger charge is 2.32. The summed E-state index contributed by atoms with van der Waals surface area (Å²) in [5.41, 5.74) is 0. The fourth-order valence-corrected chi connectivity index (χ4v) is 1.97. The molecule has 1 heterocycles. The molecule has 1 aliphatic rings. The van der Waals surface area contributed by atoms with Crippen LogP contribution in [-0.2, 0) is 23.8 Å². The van der Waals surface area contributed by atoms with E-state index in [0.717, 1.165) is 6.42 Å². The molecule has 2 atom stereocenters. The monoisotopic (exact) mass is 244 g/mol. The van der Waals surface area contributed by atoms with Crippen LogP contribution in [0.4, 0.5) is 0 Å². The number of rotatable bonds is 6. The topological polar surface area (TPSA) is 61.8 Å². The number of carbonyl (C=O) groups excluding carboxylic acids is 2. The maximum absolute atomic E-state index is 11.4. The normalized spacial score (nSPS) is 23.4. The summed E-state index contributed by atoms with van der Waals surface area (Å²) in [7, 11) is 0. The molecule has 0 unspecified atom stereocenters. The Morgan fingerprint density at radius 1 is 1.12 bits per heavy atom. The van der Waals surface area contributed by atoms with Gasteiger partial charge in [0.2, 0.25) is 0 Å². The molecule has 0 spiro atoms. The van der Waals surface area contributed by atoms with Crippen molar-refractivity contribution in [2.45, 2.75) is 39.2 Å². The number of esters is 2. The van der Waals surface area contributed by atoms with Crippen molar-refractivity contribution >= 4 is 11.9 Å². The molecule has 0 bridgehead atoms. The molecular formula is C12H20O5. The fraction of sp³-hybridized carbons (Fsp3) is 0.833. The highest BCUT2D eigenvalue weighted by atomic mass is 16.5. The lowest BCUT2D eigenvalue weighted by Crippen LogP contribution is -2.24. The summed E-state index contributed by atoms with van der Waals surface area (Å²) in [4.78, 5) is 22.7. The third-order valence-electron chi connectivity index (χ3n) is 2.75. The average molecular weight is 244 g/mol. The summed E-state index contributed by atoms with van der Waals surface area (Å²) >= 11 is 0. The van der Waals surface area contributed by atoms with Crippen molar-refractivity contribution in [1.82, 2.24) is 0 Å². The van der Waals surface area contributed by atoms with Crippen molar-refractivity contribution in [1.29, 1.82) is 0 Å². The summed E-state index contributed by atoms with van der Waals surface area (Å²) < 4.78 is 15.2. The fourth-order valence-electron chi connectivity index (χ4n) is 1.97. The Morgan fingerprint density at radius 2 is 1.71 bits per heavy atom. The van der Waals surface area contributed by atoms with Gasteiger partial charge in [-0.15, -0.1) is 0 Å². The Morgan fingerprint density at radius 3 is 2.29 bits per heavy atom. The molecule has 1 saturated heterocycles. The second-order valence-electron chi connectivity index (χ2n) is 3.98. The maximum atomic E-state index is 11.4. The zero-order valence-corrected chi connectivity index (χ0v) is 10.4. The van der Waals surface area contributed by atoms with Crippen molar-refractivity contribution in [3.63, 3.8) is 0 Å². The molecule has 0 aromatic carbocycles. The second-order valence-corrected chi connectivity index (χ2v) is 3.98. The molecule has 0 aliphatic carbocycles. The number of hydrogen-bond acceptors (Lipinski definition) is 5. The average Bonchev–Trinajstić information content (AvgIpc) is 2.66. The van der Waals surface area contributed by atoms with Gasteiger partial charge < -0.3 is 14.2 Å². The van der Waals surface area contributed by atoms with Crippen molar-refractivity contribution in [3.8, 4) is 0 Å². The van der Waals surface area contributed by atoms with E-state index >= 15 is 0 Å². The van der Waals surface area contributed by atoms with E-state index in [9.17, 15) is 9.59 Å². The third-order valence-corrected chi connectivity index (χ3v) is 2.75. The highest BCUT2D eigenvalue weighted by molar-refractivity contribution is 5.71. The lowest BCUT2D eigenvalue weighted by molar-refractivity contribution is -0.149. The molecule has 1 rings (SSSR count). The number of carbonyl (C=O) groups is 2. The molecule has 0 amide bonds. The second kappa shape index (κ2) is 7.27. The van der Waals surface area contributed by atoms with Gasteiger partial charge in [0.05, 0.1) is 32.2 Å². The Kier molecular flexibility index (Phi) is 5.97. The minimum Gasteiger partial charge on any atom is -0.466 e. The molecule has 5 heteroatoms. The lowest BCUT2D eigenvalue weighted by atomic mass is 9.95. The van der Waals surface area contributed by atoms with Crippen LogP contribution in [-0.4, -0.2) is 37.9 Å². The van der Waals surface area contributed by atoms with Gasteiger partial charge in [-0.2, -0.15) is 0 Å². The van der Waals surface area contributed by atoms with Crippen LogP contribution in [0, 0.1) is 5.92 Å². The summed E-state index contributed by atoms with van der Waals surface area (Å²) in [6.07, 6.45) is 1.12. The molecule has 1 fully saturated rings. The Balaban J connectivity index is 2.38.